The molecule has 12 N–H and O–H groups in total. The Labute approximate surface area is 181 Å². The molecule has 2 aromatic carbocycles. The second-order valence-corrected chi connectivity index (χ2v) is 7.29. The van der Waals surface area contributed by atoms with Crippen molar-refractivity contribution in [3.05, 3.63) is 59.7 Å². The van der Waals surface area contributed by atoms with E-state index in [1.807, 2.05) is 13.8 Å². The third-order valence-corrected chi connectivity index (χ3v) is 4.32. The van der Waals surface area contributed by atoms with Crippen LogP contribution in [0.5, 0.6) is 0 Å². The summed E-state index contributed by atoms with van der Waals surface area (Å²) >= 11 is 0. The number of aryl methyl sites for hydroxylation is 2. The van der Waals surface area contributed by atoms with Gasteiger partial charge in [0.1, 0.15) is 20.2 Å². The first-order chi connectivity index (χ1) is 10.00. The van der Waals surface area contributed by atoms with Crippen LogP contribution in [0.25, 0.3) is 0 Å². The van der Waals surface area contributed by atoms with Crippen LogP contribution in [-0.2, 0) is 39.7 Å². The van der Waals surface area contributed by atoms with Crippen molar-refractivity contribution in [3.8, 4) is 0 Å². The Hall–Kier alpha value is -1.36. The maximum atomic E-state index is 10.4. The van der Waals surface area contributed by atoms with E-state index in [-0.39, 0.29) is 62.1 Å². The molecule has 0 amide bonds. The molecule has 0 unspecified atom stereocenters. The molecule has 0 saturated heterocycles. The predicted octanol–water partition coefficient (Wildman–Crippen LogP) is -3.15. The number of rotatable bonds is 2. The van der Waals surface area contributed by atoms with Crippen molar-refractivity contribution in [1.82, 2.24) is 0 Å². The first-order valence-corrected chi connectivity index (χ1v) is 8.87. The van der Waals surface area contributed by atoms with Gasteiger partial charge in [-0.15, -0.1) is 0 Å². The van der Waals surface area contributed by atoms with E-state index in [4.69, 9.17) is 0 Å². The number of hydrogen-bond donors (Lipinski definition) is 0. The quantitative estimate of drug-likeness (QED) is 0.274. The molecular weight excluding hydrogens is 525 g/mol. The average Bonchev–Trinajstić information content (AvgIpc) is 2.38. The molecule has 0 heterocycles. The van der Waals surface area contributed by atoms with Crippen molar-refractivity contribution in [1.29, 1.82) is 0 Å². The fraction of sp³-hybridized carbons (Fsp3) is 0.143. The van der Waals surface area contributed by atoms with Gasteiger partial charge in [0.2, 0.25) is 0 Å². The van der Waals surface area contributed by atoms with Crippen molar-refractivity contribution in [3.63, 3.8) is 0 Å². The minimum atomic E-state index is -4.27. The van der Waals surface area contributed by atoms with Crippen LogP contribution in [0.2, 0.25) is 0 Å². The van der Waals surface area contributed by atoms with E-state index in [1.165, 1.54) is 24.3 Å². The molecule has 0 spiro atoms. The Bertz CT molecular complexity index is 762. The maximum Gasteiger partial charge on any atom is 2.00 e. The van der Waals surface area contributed by atoms with Gasteiger partial charge in [-0.1, -0.05) is 35.4 Å². The largest absolute Gasteiger partial charge is 2.00 e. The van der Waals surface area contributed by atoms with E-state index in [0.29, 0.717) is 0 Å². The van der Waals surface area contributed by atoms with Crippen molar-refractivity contribution in [2.45, 2.75) is 23.6 Å². The minimum absolute atomic E-state index is 0. The van der Waals surface area contributed by atoms with Gasteiger partial charge in [-0.05, 0) is 38.1 Å². The standard InChI is InChI=1S/2C7H8O3S.6H2O.Ru/c2*1-6-2-4-7(5-3-6)11(8,9)10;;;;;;;/h2*2-5H,1H3,(H,8,9,10);6*1H2;/q;;;;;;;;+2/p-2. The average molecular weight is 552 g/mol. The molecule has 0 aromatic heterocycles. The van der Waals surface area contributed by atoms with Crippen LogP contribution in [0.15, 0.2) is 58.3 Å². The summed E-state index contributed by atoms with van der Waals surface area (Å²) in [5.41, 5.74) is 1.86. The van der Waals surface area contributed by atoms with Gasteiger partial charge in [0.15, 0.2) is 0 Å². The zero-order valence-electron chi connectivity index (χ0n) is 15.2. The normalized spacial score (nSPS) is 8.69. The predicted molar refractivity (Wildman–Crippen MR) is 100.0 cm³/mol. The zero-order chi connectivity index (χ0) is 17.0. The second kappa shape index (κ2) is 18.7. The molecule has 0 aliphatic carbocycles. The summed E-state index contributed by atoms with van der Waals surface area (Å²) in [6, 6.07) is 11.6. The minimum Gasteiger partial charge on any atom is -0.744 e. The van der Waals surface area contributed by atoms with E-state index in [0.717, 1.165) is 11.1 Å². The van der Waals surface area contributed by atoms with Gasteiger partial charge in [0.25, 0.3) is 0 Å². The molecule has 0 radical (unpaired) electrons. The van der Waals surface area contributed by atoms with Gasteiger partial charge < -0.3 is 42.0 Å². The van der Waals surface area contributed by atoms with Gasteiger partial charge in [-0.3, -0.25) is 0 Å². The summed E-state index contributed by atoms with van der Waals surface area (Å²) in [4.78, 5) is -0.355. The smallest absolute Gasteiger partial charge is 0.744 e. The Kier molecular flexibility index (Phi) is 29.6. The van der Waals surface area contributed by atoms with Gasteiger partial charge in [-0.2, -0.15) is 0 Å². The molecule has 15 heteroatoms. The summed E-state index contributed by atoms with van der Waals surface area (Å²) in [7, 11) is -8.54. The van der Waals surface area contributed by atoms with Crippen molar-refractivity contribution < 1.29 is 78.3 Å². The molecular formula is C14H26O12RuS2. The third kappa shape index (κ3) is 17.2. The molecule has 12 nitrogen and oxygen atoms in total. The van der Waals surface area contributed by atoms with Crippen LogP contribution in [0.4, 0.5) is 0 Å². The third-order valence-electron chi connectivity index (χ3n) is 2.62. The summed E-state index contributed by atoms with van der Waals surface area (Å²) in [5.74, 6) is 0. The first-order valence-electron chi connectivity index (χ1n) is 6.05. The Morgan fingerprint density at radius 3 is 0.828 bits per heavy atom. The Morgan fingerprint density at radius 2 is 0.690 bits per heavy atom. The van der Waals surface area contributed by atoms with Crippen LogP contribution >= 0.6 is 0 Å². The van der Waals surface area contributed by atoms with E-state index in [1.54, 1.807) is 24.3 Å². The van der Waals surface area contributed by atoms with Crippen molar-refractivity contribution >= 4 is 20.2 Å². The number of benzene rings is 2. The van der Waals surface area contributed by atoms with Crippen molar-refractivity contribution in [2.75, 3.05) is 0 Å². The molecule has 2 aromatic rings. The van der Waals surface area contributed by atoms with Gasteiger partial charge in [0.05, 0.1) is 9.79 Å². The molecule has 0 aliphatic heterocycles. The summed E-state index contributed by atoms with van der Waals surface area (Å²) in [6.07, 6.45) is 0. The van der Waals surface area contributed by atoms with Crippen molar-refractivity contribution in [2.24, 2.45) is 0 Å². The molecule has 2 rings (SSSR count). The zero-order valence-corrected chi connectivity index (χ0v) is 18.6. The monoisotopic (exact) mass is 552 g/mol. The summed E-state index contributed by atoms with van der Waals surface area (Å²) in [6.45, 7) is 3.64. The number of hydrogen-bond acceptors (Lipinski definition) is 6. The van der Waals surface area contributed by atoms with Crippen LogP contribution < -0.4 is 0 Å². The molecule has 0 atom stereocenters. The second-order valence-electron chi connectivity index (χ2n) is 4.53. The molecule has 0 saturated carbocycles. The molecule has 0 aliphatic rings. The van der Waals surface area contributed by atoms with E-state index >= 15 is 0 Å². The van der Waals surface area contributed by atoms with Gasteiger partial charge >= 0.3 is 19.5 Å². The van der Waals surface area contributed by atoms with Gasteiger partial charge in [-0.25, -0.2) is 16.8 Å². The fourth-order valence-electron chi connectivity index (χ4n) is 1.41. The first kappa shape index (κ1) is 46.0. The van der Waals surface area contributed by atoms with Crippen LogP contribution in [0, 0.1) is 13.8 Å². The SMILES string of the molecule is Cc1ccc(S(=O)(=O)[O-])cc1.Cc1ccc(S(=O)(=O)[O-])cc1.O.O.O.O.O.O.[Ru+2]. The van der Waals surface area contributed by atoms with Crippen LogP contribution in [0.3, 0.4) is 0 Å². The maximum absolute atomic E-state index is 10.4. The Balaban J connectivity index is -0.0000000538. The topological polar surface area (TPSA) is 303 Å². The van der Waals surface area contributed by atoms with E-state index in [2.05, 4.69) is 0 Å². The molecule has 0 bridgehead atoms. The van der Waals surface area contributed by atoms with Gasteiger partial charge in [0, 0.05) is 0 Å². The summed E-state index contributed by atoms with van der Waals surface area (Å²) in [5, 5.41) is 0. The molecule has 29 heavy (non-hydrogen) atoms. The molecule has 174 valence electrons. The van der Waals surface area contributed by atoms with Crippen LogP contribution in [-0.4, -0.2) is 58.8 Å². The Morgan fingerprint density at radius 1 is 0.517 bits per heavy atom. The molecule has 0 fully saturated rings. The fourth-order valence-corrected chi connectivity index (χ4v) is 2.35. The van der Waals surface area contributed by atoms with Crippen LogP contribution in [0.1, 0.15) is 11.1 Å². The van der Waals surface area contributed by atoms with E-state index in [9.17, 15) is 25.9 Å². The summed E-state index contributed by atoms with van der Waals surface area (Å²) < 4.78 is 62.3. The van der Waals surface area contributed by atoms with E-state index < -0.39 is 20.2 Å².